The van der Waals surface area contributed by atoms with Crippen LogP contribution in [0.15, 0.2) is 22.7 Å². The molecule has 0 aliphatic heterocycles. The Kier molecular flexibility index (Phi) is 7.55. The molecule has 1 rings (SSSR count). The van der Waals surface area contributed by atoms with Gasteiger partial charge >= 0.3 is 0 Å². The van der Waals surface area contributed by atoms with Crippen molar-refractivity contribution < 1.29 is 8.42 Å². The van der Waals surface area contributed by atoms with Gasteiger partial charge in [-0.15, -0.1) is 0 Å². The van der Waals surface area contributed by atoms with Crippen molar-refractivity contribution in [2.45, 2.75) is 33.1 Å². The molecule has 6 heteroatoms. The highest BCUT2D eigenvalue weighted by Gasteiger charge is 2.12. The summed E-state index contributed by atoms with van der Waals surface area (Å²) in [7, 11) is -3.27. The predicted molar refractivity (Wildman–Crippen MR) is 88.7 cm³/mol. The summed E-state index contributed by atoms with van der Waals surface area (Å²) in [5, 5.41) is 3.27. The monoisotopic (exact) mass is 362 g/mol. The van der Waals surface area contributed by atoms with E-state index in [0.29, 0.717) is 12.1 Å². The molecular formula is C14H23BrN2O2S. The Hall–Kier alpha value is -0.590. The molecule has 1 aromatic rings. The lowest BCUT2D eigenvalue weighted by atomic mass is 10.2. The summed E-state index contributed by atoms with van der Waals surface area (Å²) >= 11 is 3.40. The van der Waals surface area contributed by atoms with E-state index in [-0.39, 0.29) is 5.75 Å². The molecule has 0 aliphatic rings. The molecule has 0 atom stereocenters. The molecule has 0 aliphatic carbocycles. The zero-order valence-electron chi connectivity index (χ0n) is 12.1. The fourth-order valence-electron chi connectivity index (χ4n) is 1.78. The Morgan fingerprint density at radius 1 is 1.20 bits per heavy atom. The Morgan fingerprint density at radius 2 is 1.95 bits per heavy atom. The smallest absolute Gasteiger partial charge is 0.232 e. The maximum Gasteiger partial charge on any atom is 0.232 e. The van der Waals surface area contributed by atoms with E-state index < -0.39 is 10.0 Å². The van der Waals surface area contributed by atoms with Gasteiger partial charge in [-0.25, -0.2) is 8.42 Å². The normalized spacial score (nSPS) is 11.6. The van der Waals surface area contributed by atoms with Gasteiger partial charge in [0.05, 0.1) is 11.4 Å². The second-order valence-electron chi connectivity index (χ2n) is 4.79. The fraction of sp³-hybridized carbons (Fsp3) is 0.571. The molecule has 0 heterocycles. The van der Waals surface area contributed by atoms with E-state index in [1.807, 2.05) is 19.1 Å². The number of sulfonamides is 1. The molecule has 0 saturated heterocycles. The fourth-order valence-corrected chi connectivity index (χ4v) is 3.39. The van der Waals surface area contributed by atoms with E-state index in [4.69, 9.17) is 0 Å². The summed E-state index contributed by atoms with van der Waals surface area (Å²) in [6, 6.07) is 5.50. The summed E-state index contributed by atoms with van der Waals surface area (Å²) in [6.45, 7) is 5.86. The molecule has 0 amide bonds. The van der Waals surface area contributed by atoms with Gasteiger partial charge in [-0.2, -0.15) is 0 Å². The third kappa shape index (κ3) is 6.24. The molecular weight excluding hydrogens is 340 g/mol. The van der Waals surface area contributed by atoms with Crippen LogP contribution in [0.1, 0.15) is 31.7 Å². The average molecular weight is 363 g/mol. The molecule has 0 saturated carbocycles. The van der Waals surface area contributed by atoms with Gasteiger partial charge in [-0.3, -0.25) is 4.72 Å². The standard InChI is InChI=1S/C14H23BrN2O2S/c1-3-9-16-10-4-5-11-20(18,19)17-14-8-6-7-13(15)12(14)2/h6-8,16-17H,3-5,9-11H2,1-2H3. The molecule has 1 aromatic carbocycles. The van der Waals surface area contributed by atoms with Gasteiger partial charge in [0.15, 0.2) is 0 Å². The minimum atomic E-state index is -3.27. The number of nitrogens with one attached hydrogen (secondary N) is 2. The van der Waals surface area contributed by atoms with Crippen molar-refractivity contribution in [3.63, 3.8) is 0 Å². The van der Waals surface area contributed by atoms with E-state index in [2.05, 4.69) is 32.9 Å². The van der Waals surface area contributed by atoms with Gasteiger partial charge in [-0.1, -0.05) is 28.9 Å². The lowest BCUT2D eigenvalue weighted by Gasteiger charge is -2.11. The van der Waals surface area contributed by atoms with Crippen LogP contribution in [-0.4, -0.2) is 27.3 Å². The lowest BCUT2D eigenvalue weighted by Crippen LogP contribution is -2.20. The minimum absolute atomic E-state index is 0.159. The maximum atomic E-state index is 12.0. The third-order valence-electron chi connectivity index (χ3n) is 2.98. The number of rotatable bonds is 9. The first kappa shape index (κ1) is 17.5. The summed E-state index contributed by atoms with van der Waals surface area (Å²) in [6.07, 6.45) is 2.64. The molecule has 114 valence electrons. The van der Waals surface area contributed by atoms with E-state index in [9.17, 15) is 8.42 Å². The average Bonchev–Trinajstić information content (AvgIpc) is 2.39. The van der Waals surface area contributed by atoms with Crippen molar-refractivity contribution in [2.24, 2.45) is 0 Å². The zero-order valence-corrected chi connectivity index (χ0v) is 14.5. The number of benzene rings is 1. The van der Waals surface area contributed by atoms with Gasteiger partial charge in [0.25, 0.3) is 0 Å². The first-order valence-corrected chi connectivity index (χ1v) is 9.37. The summed E-state index contributed by atoms with van der Waals surface area (Å²) in [5.41, 5.74) is 1.55. The summed E-state index contributed by atoms with van der Waals surface area (Å²) in [4.78, 5) is 0. The Bertz CT molecular complexity index is 518. The van der Waals surface area contributed by atoms with Crippen LogP contribution in [0, 0.1) is 6.92 Å². The van der Waals surface area contributed by atoms with Crippen LogP contribution in [-0.2, 0) is 10.0 Å². The van der Waals surface area contributed by atoms with Crippen LogP contribution in [0.4, 0.5) is 5.69 Å². The van der Waals surface area contributed by atoms with Crippen molar-refractivity contribution in [1.29, 1.82) is 0 Å². The lowest BCUT2D eigenvalue weighted by molar-refractivity contribution is 0.590. The largest absolute Gasteiger partial charge is 0.317 e. The van der Waals surface area contributed by atoms with Gasteiger partial charge in [0, 0.05) is 4.47 Å². The number of hydrogen-bond donors (Lipinski definition) is 2. The van der Waals surface area contributed by atoms with Crippen LogP contribution in [0.5, 0.6) is 0 Å². The Labute approximate surface area is 130 Å². The second kappa shape index (κ2) is 8.64. The van der Waals surface area contributed by atoms with E-state index >= 15 is 0 Å². The predicted octanol–water partition coefficient (Wildman–Crippen LogP) is 3.28. The van der Waals surface area contributed by atoms with Gasteiger partial charge < -0.3 is 5.32 Å². The molecule has 0 unspecified atom stereocenters. The van der Waals surface area contributed by atoms with Crippen molar-refractivity contribution in [3.05, 3.63) is 28.2 Å². The molecule has 0 spiro atoms. The third-order valence-corrected chi connectivity index (χ3v) is 5.19. The van der Waals surface area contributed by atoms with E-state index in [1.54, 1.807) is 6.07 Å². The minimum Gasteiger partial charge on any atom is -0.317 e. The molecule has 4 nitrogen and oxygen atoms in total. The number of hydrogen-bond acceptors (Lipinski definition) is 3. The highest BCUT2D eigenvalue weighted by molar-refractivity contribution is 9.10. The Balaban J connectivity index is 2.43. The van der Waals surface area contributed by atoms with Crippen LogP contribution in [0.3, 0.4) is 0 Å². The summed E-state index contributed by atoms with van der Waals surface area (Å²) in [5.74, 6) is 0.159. The zero-order chi connectivity index (χ0) is 15.0. The van der Waals surface area contributed by atoms with Gasteiger partial charge in [0.2, 0.25) is 10.0 Å². The van der Waals surface area contributed by atoms with E-state index in [0.717, 1.165) is 36.0 Å². The molecule has 2 N–H and O–H groups in total. The van der Waals surface area contributed by atoms with Crippen molar-refractivity contribution in [2.75, 3.05) is 23.6 Å². The highest BCUT2D eigenvalue weighted by Crippen LogP contribution is 2.24. The Morgan fingerprint density at radius 3 is 2.65 bits per heavy atom. The van der Waals surface area contributed by atoms with Gasteiger partial charge in [-0.05, 0) is 57.0 Å². The molecule has 20 heavy (non-hydrogen) atoms. The number of anilines is 1. The molecule has 0 aromatic heterocycles. The quantitative estimate of drug-likeness (QED) is 0.662. The maximum absolute atomic E-state index is 12.0. The van der Waals surface area contributed by atoms with Crippen LogP contribution in [0.2, 0.25) is 0 Å². The van der Waals surface area contributed by atoms with Crippen molar-refractivity contribution in [3.8, 4) is 0 Å². The first-order valence-electron chi connectivity index (χ1n) is 6.92. The SMILES string of the molecule is CCCNCCCCS(=O)(=O)Nc1cccc(Br)c1C. The van der Waals surface area contributed by atoms with Crippen LogP contribution in [0.25, 0.3) is 0 Å². The van der Waals surface area contributed by atoms with Crippen molar-refractivity contribution >= 4 is 31.6 Å². The molecule has 0 fully saturated rings. The molecule has 0 radical (unpaired) electrons. The number of halogens is 1. The summed E-state index contributed by atoms with van der Waals surface area (Å²) < 4.78 is 27.6. The molecule has 0 bridgehead atoms. The van der Waals surface area contributed by atoms with Gasteiger partial charge in [0.1, 0.15) is 0 Å². The van der Waals surface area contributed by atoms with Crippen molar-refractivity contribution in [1.82, 2.24) is 5.32 Å². The number of unbranched alkanes of at least 4 members (excludes halogenated alkanes) is 1. The first-order chi connectivity index (χ1) is 9.46. The highest BCUT2D eigenvalue weighted by atomic mass is 79.9. The second-order valence-corrected chi connectivity index (χ2v) is 7.49. The van der Waals surface area contributed by atoms with Crippen LogP contribution >= 0.6 is 15.9 Å². The van der Waals surface area contributed by atoms with Crippen LogP contribution < -0.4 is 10.0 Å². The topological polar surface area (TPSA) is 58.2 Å². The van der Waals surface area contributed by atoms with E-state index in [1.165, 1.54) is 0 Å².